The highest BCUT2D eigenvalue weighted by molar-refractivity contribution is 9.11. The summed E-state index contributed by atoms with van der Waals surface area (Å²) < 4.78 is 1.78. The standard InChI is InChI=1S/C9H6Br2O/c1-2-9(12)6-3-7(10)5-8(11)4-6/h1,3-5,9,12H. The maximum Gasteiger partial charge on any atom is 0.140 e. The average Bonchev–Trinajstić information content (AvgIpc) is 2.01. The van der Waals surface area contributed by atoms with Crippen molar-refractivity contribution in [2.45, 2.75) is 6.10 Å². The molecule has 1 atom stereocenters. The van der Waals surface area contributed by atoms with E-state index in [1.54, 1.807) is 12.1 Å². The van der Waals surface area contributed by atoms with E-state index in [0.717, 1.165) is 8.95 Å². The molecule has 0 spiro atoms. The fourth-order valence-corrected chi connectivity index (χ4v) is 2.16. The van der Waals surface area contributed by atoms with Crippen LogP contribution in [0.1, 0.15) is 11.7 Å². The Morgan fingerprint density at radius 2 is 1.75 bits per heavy atom. The van der Waals surface area contributed by atoms with E-state index in [1.165, 1.54) is 0 Å². The number of benzene rings is 1. The molecule has 0 aromatic heterocycles. The lowest BCUT2D eigenvalue weighted by Crippen LogP contribution is -1.92. The van der Waals surface area contributed by atoms with Crippen LogP contribution in [0.15, 0.2) is 27.1 Å². The molecule has 0 fully saturated rings. The van der Waals surface area contributed by atoms with Gasteiger partial charge in [0.2, 0.25) is 0 Å². The molecule has 1 rings (SSSR count). The van der Waals surface area contributed by atoms with Crippen LogP contribution >= 0.6 is 31.9 Å². The average molecular weight is 290 g/mol. The van der Waals surface area contributed by atoms with Crippen molar-refractivity contribution in [1.82, 2.24) is 0 Å². The molecule has 0 saturated heterocycles. The Morgan fingerprint density at radius 1 is 1.25 bits per heavy atom. The molecule has 62 valence electrons. The predicted octanol–water partition coefficient (Wildman–Crippen LogP) is 2.88. The molecular formula is C9H6Br2O. The van der Waals surface area contributed by atoms with Crippen molar-refractivity contribution in [2.75, 3.05) is 0 Å². The Bertz CT molecular complexity index is 308. The largest absolute Gasteiger partial charge is 0.376 e. The van der Waals surface area contributed by atoms with Gasteiger partial charge in [-0.3, -0.25) is 0 Å². The molecule has 0 aliphatic heterocycles. The molecule has 3 heteroatoms. The fourth-order valence-electron chi connectivity index (χ4n) is 0.829. The van der Waals surface area contributed by atoms with E-state index in [9.17, 15) is 5.11 Å². The minimum absolute atomic E-state index is 0.707. The van der Waals surface area contributed by atoms with E-state index in [4.69, 9.17) is 6.42 Å². The summed E-state index contributed by atoms with van der Waals surface area (Å²) in [5.41, 5.74) is 0.707. The minimum Gasteiger partial charge on any atom is -0.376 e. The van der Waals surface area contributed by atoms with E-state index in [0.29, 0.717) is 5.56 Å². The molecule has 1 aromatic rings. The third kappa shape index (κ3) is 2.34. The molecule has 0 heterocycles. The molecule has 0 saturated carbocycles. The summed E-state index contributed by atoms with van der Waals surface area (Å²) in [5, 5.41) is 9.30. The van der Waals surface area contributed by atoms with Crippen LogP contribution in [0.25, 0.3) is 0 Å². The van der Waals surface area contributed by atoms with Gasteiger partial charge in [-0.05, 0) is 23.8 Å². The van der Waals surface area contributed by atoms with Crippen molar-refractivity contribution in [3.05, 3.63) is 32.7 Å². The highest BCUT2D eigenvalue weighted by Gasteiger charge is 2.04. The van der Waals surface area contributed by atoms with Crippen LogP contribution in [0.4, 0.5) is 0 Å². The molecule has 0 aliphatic carbocycles. The van der Waals surface area contributed by atoms with Crippen LogP contribution < -0.4 is 0 Å². The van der Waals surface area contributed by atoms with Crippen molar-refractivity contribution in [1.29, 1.82) is 0 Å². The van der Waals surface area contributed by atoms with E-state index >= 15 is 0 Å². The quantitative estimate of drug-likeness (QED) is 0.788. The van der Waals surface area contributed by atoms with Gasteiger partial charge in [-0.1, -0.05) is 37.8 Å². The van der Waals surface area contributed by atoms with Crippen LogP contribution in [0, 0.1) is 12.3 Å². The number of aliphatic hydroxyl groups is 1. The summed E-state index contributed by atoms with van der Waals surface area (Å²) in [6.07, 6.45) is 4.24. The molecule has 0 aliphatic rings. The first-order chi connectivity index (χ1) is 5.63. The molecule has 1 nitrogen and oxygen atoms in total. The van der Waals surface area contributed by atoms with Gasteiger partial charge in [-0.2, -0.15) is 0 Å². The van der Waals surface area contributed by atoms with Crippen molar-refractivity contribution in [2.24, 2.45) is 0 Å². The highest BCUT2D eigenvalue weighted by atomic mass is 79.9. The molecule has 0 bridgehead atoms. The van der Waals surface area contributed by atoms with Crippen molar-refractivity contribution in [3.63, 3.8) is 0 Å². The number of halogens is 2. The minimum atomic E-state index is -0.834. The van der Waals surface area contributed by atoms with Crippen LogP contribution in [0.3, 0.4) is 0 Å². The normalized spacial score (nSPS) is 12.2. The van der Waals surface area contributed by atoms with Crippen LogP contribution in [0.5, 0.6) is 0 Å². The van der Waals surface area contributed by atoms with Gasteiger partial charge >= 0.3 is 0 Å². The summed E-state index contributed by atoms with van der Waals surface area (Å²) in [7, 11) is 0. The summed E-state index contributed by atoms with van der Waals surface area (Å²) in [6.45, 7) is 0. The highest BCUT2D eigenvalue weighted by Crippen LogP contribution is 2.23. The second-order valence-corrected chi connectivity index (χ2v) is 4.10. The molecule has 12 heavy (non-hydrogen) atoms. The van der Waals surface area contributed by atoms with Crippen LogP contribution in [-0.2, 0) is 0 Å². The predicted molar refractivity (Wildman–Crippen MR) is 55.6 cm³/mol. The second kappa shape index (κ2) is 4.08. The first kappa shape index (κ1) is 9.79. The Morgan fingerprint density at radius 3 is 2.17 bits per heavy atom. The van der Waals surface area contributed by atoms with Gasteiger partial charge in [0.15, 0.2) is 0 Å². The Balaban J connectivity index is 3.10. The van der Waals surface area contributed by atoms with Crippen LogP contribution in [-0.4, -0.2) is 5.11 Å². The number of rotatable bonds is 1. The summed E-state index contributed by atoms with van der Waals surface area (Å²) in [5.74, 6) is 2.25. The Hall–Kier alpha value is -0.300. The maximum absolute atomic E-state index is 9.30. The van der Waals surface area contributed by atoms with E-state index in [-0.39, 0.29) is 0 Å². The van der Waals surface area contributed by atoms with Gasteiger partial charge in [0, 0.05) is 8.95 Å². The third-order valence-electron chi connectivity index (χ3n) is 1.36. The van der Waals surface area contributed by atoms with Crippen LogP contribution in [0.2, 0.25) is 0 Å². The molecule has 1 N–H and O–H groups in total. The first-order valence-electron chi connectivity index (χ1n) is 3.23. The maximum atomic E-state index is 9.30. The zero-order chi connectivity index (χ0) is 9.14. The van der Waals surface area contributed by atoms with E-state index in [1.807, 2.05) is 6.07 Å². The second-order valence-electron chi connectivity index (χ2n) is 2.27. The Labute approximate surface area is 88.1 Å². The molecule has 0 radical (unpaired) electrons. The zero-order valence-electron chi connectivity index (χ0n) is 6.09. The van der Waals surface area contributed by atoms with Gasteiger partial charge in [-0.25, -0.2) is 0 Å². The van der Waals surface area contributed by atoms with Gasteiger partial charge in [-0.15, -0.1) is 6.42 Å². The monoisotopic (exact) mass is 288 g/mol. The third-order valence-corrected chi connectivity index (χ3v) is 2.27. The summed E-state index contributed by atoms with van der Waals surface area (Å²) in [4.78, 5) is 0. The van der Waals surface area contributed by atoms with Crippen molar-refractivity contribution < 1.29 is 5.11 Å². The first-order valence-corrected chi connectivity index (χ1v) is 4.82. The molecule has 0 amide bonds. The number of hydrogen-bond donors (Lipinski definition) is 1. The lowest BCUT2D eigenvalue weighted by atomic mass is 10.1. The lowest BCUT2D eigenvalue weighted by molar-refractivity contribution is 0.238. The van der Waals surface area contributed by atoms with Crippen molar-refractivity contribution >= 4 is 31.9 Å². The Kier molecular flexibility index (Phi) is 3.33. The topological polar surface area (TPSA) is 20.2 Å². The number of hydrogen-bond acceptors (Lipinski definition) is 1. The lowest BCUT2D eigenvalue weighted by Gasteiger charge is -2.04. The summed E-state index contributed by atoms with van der Waals surface area (Å²) >= 11 is 6.60. The molecule has 1 unspecified atom stereocenters. The van der Waals surface area contributed by atoms with Gasteiger partial charge in [0.1, 0.15) is 6.10 Å². The number of terminal acetylenes is 1. The van der Waals surface area contributed by atoms with Gasteiger partial charge < -0.3 is 5.11 Å². The van der Waals surface area contributed by atoms with Gasteiger partial charge in [0.05, 0.1) is 0 Å². The SMILES string of the molecule is C#CC(O)c1cc(Br)cc(Br)c1. The van der Waals surface area contributed by atoms with E-state index < -0.39 is 6.10 Å². The smallest absolute Gasteiger partial charge is 0.140 e. The fraction of sp³-hybridized carbons (Fsp3) is 0.111. The van der Waals surface area contributed by atoms with Gasteiger partial charge in [0.25, 0.3) is 0 Å². The molecule has 1 aromatic carbocycles. The molecular weight excluding hydrogens is 284 g/mol. The van der Waals surface area contributed by atoms with E-state index in [2.05, 4.69) is 37.8 Å². The number of aliphatic hydroxyl groups excluding tert-OH is 1. The zero-order valence-corrected chi connectivity index (χ0v) is 9.26. The summed E-state index contributed by atoms with van der Waals surface area (Å²) in [6, 6.07) is 5.46. The van der Waals surface area contributed by atoms with Crippen molar-refractivity contribution in [3.8, 4) is 12.3 Å².